The normalized spacial score (nSPS) is 11.4. The van der Waals surface area contributed by atoms with Gasteiger partial charge < -0.3 is 5.32 Å². The lowest BCUT2D eigenvalue weighted by Gasteiger charge is -2.19. The van der Waals surface area contributed by atoms with E-state index in [0.29, 0.717) is 5.75 Å². The van der Waals surface area contributed by atoms with Crippen molar-refractivity contribution in [3.8, 4) is 0 Å². The van der Waals surface area contributed by atoms with Crippen LogP contribution in [0, 0.1) is 0 Å². The molecule has 0 fully saturated rings. The van der Waals surface area contributed by atoms with Crippen molar-refractivity contribution in [1.82, 2.24) is 4.98 Å². The molecule has 1 aromatic carbocycles. The van der Waals surface area contributed by atoms with E-state index >= 15 is 0 Å². The maximum absolute atomic E-state index is 12.3. The topological polar surface area (TPSA) is 42.0 Å². The van der Waals surface area contributed by atoms with Gasteiger partial charge in [0.15, 0.2) is 0 Å². The standard InChI is InChI=1S/C21H28N2OS/c1-5-6-8-18-19(9-7-14-22-18)23-20(24)25-15-16-10-12-17(13-11-16)21(2,3)4/h7,9-14H,5-6,8,15H2,1-4H3,(H,23,24). The molecule has 0 radical (unpaired) electrons. The maximum atomic E-state index is 12.3. The molecule has 1 aromatic heterocycles. The second-order valence-corrected chi connectivity index (χ2v) is 8.20. The van der Waals surface area contributed by atoms with Gasteiger partial charge in [0.25, 0.3) is 5.24 Å². The molecule has 4 heteroatoms. The summed E-state index contributed by atoms with van der Waals surface area (Å²) < 4.78 is 0. The van der Waals surface area contributed by atoms with Gasteiger partial charge in [-0.2, -0.15) is 0 Å². The summed E-state index contributed by atoms with van der Waals surface area (Å²) in [5.41, 5.74) is 4.41. The molecular weight excluding hydrogens is 328 g/mol. The fourth-order valence-corrected chi connectivity index (χ4v) is 3.16. The highest BCUT2D eigenvalue weighted by molar-refractivity contribution is 8.13. The van der Waals surface area contributed by atoms with E-state index in [1.54, 1.807) is 6.20 Å². The summed E-state index contributed by atoms with van der Waals surface area (Å²) in [6.07, 6.45) is 4.87. The van der Waals surface area contributed by atoms with Crippen LogP contribution in [0.1, 0.15) is 57.4 Å². The van der Waals surface area contributed by atoms with Crippen LogP contribution in [0.15, 0.2) is 42.6 Å². The van der Waals surface area contributed by atoms with E-state index in [1.807, 2.05) is 12.1 Å². The summed E-state index contributed by atoms with van der Waals surface area (Å²) >= 11 is 1.29. The summed E-state index contributed by atoms with van der Waals surface area (Å²) in [5, 5.41) is 2.95. The third kappa shape index (κ3) is 6.20. The number of carbonyl (C=O) groups excluding carboxylic acids is 1. The molecule has 0 aliphatic carbocycles. The molecule has 3 nitrogen and oxygen atoms in total. The number of unbranched alkanes of at least 4 members (excludes halogenated alkanes) is 1. The van der Waals surface area contributed by atoms with Gasteiger partial charge in [-0.1, -0.05) is 70.1 Å². The number of nitrogens with zero attached hydrogens (tertiary/aromatic N) is 1. The lowest BCUT2D eigenvalue weighted by molar-refractivity contribution is 0.269. The number of hydrogen-bond acceptors (Lipinski definition) is 3. The number of aryl methyl sites for hydroxylation is 1. The van der Waals surface area contributed by atoms with Crippen LogP contribution in [0.4, 0.5) is 10.5 Å². The highest BCUT2D eigenvalue weighted by Gasteiger charge is 2.13. The number of benzene rings is 1. The predicted molar refractivity (Wildman–Crippen MR) is 108 cm³/mol. The molecule has 1 N–H and O–H groups in total. The number of hydrogen-bond donors (Lipinski definition) is 1. The molecule has 2 aromatic rings. The maximum Gasteiger partial charge on any atom is 0.283 e. The van der Waals surface area contributed by atoms with Crippen LogP contribution in [-0.2, 0) is 17.6 Å². The Kier molecular flexibility index (Phi) is 7.06. The molecule has 0 saturated carbocycles. The Morgan fingerprint density at radius 3 is 2.52 bits per heavy atom. The Balaban J connectivity index is 1.91. The Morgan fingerprint density at radius 2 is 1.88 bits per heavy atom. The zero-order valence-electron chi connectivity index (χ0n) is 15.6. The molecule has 134 valence electrons. The number of amides is 1. The largest absolute Gasteiger partial charge is 0.315 e. The van der Waals surface area contributed by atoms with Gasteiger partial charge in [0, 0.05) is 11.9 Å². The predicted octanol–water partition coefficient (Wildman–Crippen LogP) is 6.19. The van der Waals surface area contributed by atoms with Crippen LogP contribution >= 0.6 is 11.8 Å². The van der Waals surface area contributed by atoms with E-state index in [9.17, 15) is 4.79 Å². The molecule has 1 amide bonds. The third-order valence-corrected chi connectivity index (χ3v) is 4.93. The SMILES string of the molecule is CCCCc1ncccc1NC(=O)SCc1ccc(C(C)(C)C)cc1. The summed E-state index contributed by atoms with van der Waals surface area (Å²) in [5.74, 6) is 0.667. The number of thioether (sulfide) groups is 1. The van der Waals surface area contributed by atoms with E-state index in [0.717, 1.165) is 36.2 Å². The van der Waals surface area contributed by atoms with Gasteiger partial charge >= 0.3 is 0 Å². The Morgan fingerprint density at radius 1 is 1.16 bits per heavy atom. The average Bonchev–Trinajstić information content (AvgIpc) is 2.59. The number of rotatable bonds is 6. The molecule has 1 heterocycles. The molecular formula is C21H28N2OS. The first kappa shape index (κ1) is 19.5. The summed E-state index contributed by atoms with van der Waals surface area (Å²) in [6.45, 7) is 8.76. The Hall–Kier alpha value is -1.81. The van der Waals surface area contributed by atoms with Gasteiger partial charge in [-0.25, -0.2) is 0 Å². The molecule has 0 aliphatic heterocycles. The fourth-order valence-electron chi connectivity index (χ4n) is 2.49. The van der Waals surface area contributed by atoms with Crippen molar-refractivity contribution < 1.29 is 4.79 Å². The third-order valence-electron chi connectivity index (χ3n) is 4.08. The van der Waals surface area contributed by atoms with Crippen LogP contribution in [0.3, 0.4) is 0 Å². The van der Waals surface area contributed by atoms with Crippen molar-refractivity contribution in [2.75, 3.05) is 5.32 Å². The lowest BCUT2D eigenvalue weighted by atomic mass is 9.87. The van der Waals surface area contributed by atoms with Crippen LogP contribution in [-0.4, -0.2) is 10.2 Å². The number of aromatic nitrogens is 1. The van der Waals surface area contributed by atoms with E-state index < -0.39 is 0 Å². The minimum absolute atomic E-state index is 0.0364. The van der Waals surface area contributed by atoms with Crippen molar-refractivity contribution in [1.29, 1.82) is 0 Å². The van der Waals surface area contributed by atoms with Crippen molar-refractivity contribution in [2.45, 2.75) is 58.1 Å². The molecule has 2 rings (SSSR count). The van der Waals surface area contributed by atoms with Gasteiger partial charge in [0.05, 0.1) is 11.4 Å². The minimum Gasteiger partial charge on any atom is -0.315 e. The monoisotopic (exact) mass is 356 g/mol. The Labute approximate surface area is 155 Å². The first-order chi connectivity index (χ1) is 11.9. The number of anilines is 1. The van der Waals surface area contributed by atoms with E-state index in [1.165, 1.54) is 17.3 Å². The molecule has 0 spiro atoms. The van der Waals surface area contributed by atoms with Crippen LogP contribution in [0.25, 0.3) is 0 Å². The van der Waals surface area contributed by atoms with E-state index in [4.69, 9.17) is 0 Å². The molecule has 0 unspecified atom stereocenters. The molecule has 0 atom stereocenters. The molecule has 0 saturated heterocycles. The summed E-state index contributed by atoms with van der Waals surface area (Å²) in [4.78, 5) is 16.7. The second-order valence-electron chi connectivity index (χ2n) is 7.25. The van der Waals surface area contributed by atoms with Gasteiger partial charge in [0.2, 0.25) is 0 Å². The lowest BCUT2D eigenvalue weighted by Crippen LogP contribution is -2.11. The zero-order chi connectivity index (χ0) is 18.3. The highest BCUT2D eigenvalue weighted by atomic mass is 32.2. The van der Waals surface area contributed by atoms with Crippen molar-refractivity contribution in [2.24, 2.45) is 0 Å². The van der Waals surface area contributed by atoms with Crippen LogP contribution in [0.5, 0.6) is 0 Å². The highest BCUT2D eigenvalue weighted by Crippen LogP contribution is 2.24. The van der Waals surface area contributed by atoms with Crippen LogP contribution in [0.2, 0.25) is 0 Å². The number of pyridine rings is 1. The van der Waals surface area contributed by atoms with Gasteiger partial charge in [-0.05, 0) is 41.5 Å². The van der Waals surface area contributed by atoms with Crippen molar-refractivity contribution in [3.63, 3.8) is 0 Å². The summed E-state index contributed by atoms with van der Waals surface area (Å²) in [6, 6.07) is 12.3. The average molecular weight is 357 g/mol. The van der Waals surface area contributed by atoms with Gasteiger partial charge in [-0.15, -0.1) is 0 Å². The Bertz CT molecular complexity index is 690. The molecule has 25 heavy (non-hydrogen) atoms. The van der Waals surface area contributed by atoms with Gasteiger partial charge in [0.1, 0.15) is 0 Å². The summed E-state index contributed by atoms with van der Waals surface area (Å²) in [7, 11) is 0. The van der Waals surface area contributed by atoms with Gasteiger partial charge in [-0.3, -0.25) is 9.78 Å². The number of nitrogens with one attached hydrogen (secondary N) is 1. The molecule has 0 bridgehead atoms. The zero-order valence-corrected chi connectivity index (χ0v) is 16.5. The second kappa shape index (κ2) is 9.04. The van der Waals surface area contributed by atoms with E-state index in [-0.39, 0.29) is 10.7 Å². The fraction of sp³-hybridized carbons (Fsp3) is 0.429. The van der Waals surface area contributed by atoms with Crippen molar-refractivity contribution in [3.05, 3.63) is 59.4 Å². The first-order valence-corrected chi connectivity index (χ1v) is 9.86. The first-order valence-electron chi connectivity index (χ1n) is 8.87. The number of carbonyl (C=O) groups is 1. The quantitative estimate of drug-likeness (QED) is 0.671. The van der Waals surface area contributed by atoms with E-state index in [2.05, 4.69) is 62.3 Å². The smallest absolute Gasteiger partial charge is 0.283 e. The van der Waals surface area contributed by atoms with Crippen LogP contribution < -0.4 is 5.32 Å². The molecule has 0 aliphatic rings. The minimum atomic E-state index is -0.0364. The van der Waals surface area contributed by atoms with Crippen molar-refractivity contribution >= 4 is 22.7 Å².